The van der Waals surface area contributed by atoms with Crippen molar-refractivity contribution in [3.05, 3.63) is 48.2 Å². The third-order valence-electron chi connectivity index (χ3n) is 3.86. The van der Waals surface area contributed by atoms with E-state index in [1.165, 1.54) is 18.3 Å². The van der Waals surface area contributed by atoms with E-state index in [0.717, 1.165) is 11.1 Å². The molecule has 0 radical (unpaired) electrons. The first kappa shape index (κ1) is 21.2. The van der Waals surface area contributed by atoms with E-state index in [4.69, 9.17) is 4.18 Å². The first-order chi connectivity index (χ1) is 12.4. The number of benzene rings is 1. The molecule has 0 atom stereocenters. The maximum atomic E-state index is 12.2. The van der Waals surface area contributed by atoms with Crippen LogP contribution >= 0.6 is 0 Å². The van der Waals surface area contributed by atoms with Crippen molar-refractivity contribution in [3.63, 3.8) is 0 Å². The van der Waals surface area contributed by atoms with Crippen molar-refractivity contribution in [1.82, 2.24) is 4.98 Å². The maximum absolute atomic E-state index is 12.2. The Balaban J connectivity index is 2.11. The highest BCUT2D eigenvalue weighted by Gasteiger charge is 2.28. The second-order valence-electron chi connectivity index (χ2n) is 7.27. The molecule has 0 aliphatic heterocycles. The van der Waals surface area contributed by atoms with Crippen LogP contribution < -0.4 is 4.18 Å². The Labute approximate surface area is 157 Å². The first-order valence-electron chi connectivity index (χ1n) is 8.42. The van der Waals surface area contributed by atoms with E-state index in [2.05, 4.69) is 25.8 Å². The van der Waals surface area contributed by atoms with Crippen molar-refractivity contribution in [2.75, 3.05) is 5.75 Å². The Hall–Kier alpha value is -2.09. The van der Waals surface area contributed by atoms with Crippen LogP contribution in [0.25, 0.3) is 11.3 Å². The zero-order valence-electron chi connectivity index (χ0n) is 15.4. The van der Waals surface area contributed by atoms with E-state index in [1.54, 1.807) is 0 Å². The van der Waals surface area contributed by atoms with Gasteiger partial charge >= 0.3 is 16.3 Å². The molecule has 148 valence electrons. The standard InChI is InChI=1S/C19H22F3NO3S/c1-18(2,3)15-7-5-14(6-8-15)17-13-16(9-11-23-17)26-27(24,25)12-4-10-19(20,21)22/h5-9,11,13H,4,10,12H2,1-3H3. The van der Waals surface area contributed by atoms with Crippen LogP contribution in [0, 0.1) is 0 Å². The smallest absolute Gasteiger partial charge is 0.382 e. The molecule has 2 aromatic rings. The lowest BCUT2D eigenvalue weighted by Crippen LogP contribution is -2.16. The first-order valence-corrected chi connectivity index (χ1v) is 9.99. The van der Waals surface area contributed by atoms with Gasteiger partial charge in [0, 0.05) is 30.3 Å². The molecule has 0 N–H and O–H groups in total. The zero-order valence-corrected chi connectivity index (χ0v) is 16.2. The summed E-state index contributed by atoms with van der Waals surface area (Å²) in [4.78, 5) is 4.20. The van der Waals surface area contributed by atoms with Gasteiger partial charge in [-0.25, -0.2) is 0 Å². The minimum absolute atomic E-state index is 0.00140. The second-order valence-corrected chi connectivity index (χ2v) is 8.96. The molecule has 0 saturated carbocycles. The van der Waals surface area contributed by atoms with Crippen molar-refractivity contribution in [1.29, 1.82) is 0 Å². The Morgan fingerprint density at radius 1 is 1.04 bits per heavy atom. The number of nitrogens with zero attached hydrogens (tertiary/aromatic N) is 1. The predicted octanol–water partition coefficient (Wildman–Crippen LogP) is 5.10. The summed E-state index contributed by atoms with van der Waals surface area (Å²) < 4.78 is 65.1. The Morgan fingerprint density at radius 2 is 1.67 bits per heavy atom. The molecule has 8 heteroatoms. The SMILES string of the molecule is CC(C)(C)c1ccc(-c2cc(OS(=O)(=O)CCCC(F)(F)F)ccn2)cc1. The maximum Gasteiger partial charge on any atom is 0.389 e. The van der Waals surface area contributed by atoms with Crippen LogP contribution in [0.4, 0.5) is 13.2 Å². The summed E-state index contributed by atoms with van der Waals surface area (Å²) >= 11 is 0. The summed E-state index contributed by atoms with van der Waals surface area (Å²) in [6.45, 7) is 6.29. The minimum Gasteiger partial charge on any atom is -0.382 e. The van der Waals surface area contributed by atoms with Gasteiger partial charge in [0.15, 0.2) is 0 Å². The molecule has 0 saturated heterocycles. The van der Waals surface area contributed by atoms with Crippen LogP contribution in [-0.2, 0) is 15.5 Å². The highest BCUT2D eigenvalue weighted by atomic mass is 32.2. The van der Waals surface area contributed by atoms with Gasteiger partial charge in [-0.05, 0) is 17.4 Å². The van der Waals surface area contributed by atoms with Crippen LogP contribution in [0.1, 0.15) is 39.2 Å². The summed E-state index contributed by atoms with van der Waals surface area (Å²) in [5.41, 5.74) is 2.44. The topological polar surface area (TPSA) is 56.3 Å². The normalized spacial score (nSPS) is 12.8. The average Bonchev–Trinajstić information content (AvgIpc) is 2.52. The van der Waals surface area contributed by atoms with Gasteiger partial charge in [-0.15, -0.1) is 0 Å². The van der Waals surface area contributed by atoms with E-state index in [9.17, 15) is 21.6 Å². The van der Waals surface area contributed by atoms with E-state index in [1.807, 2.05) is 24.3 Å². The summed E-state index contributed by atoms with van der Waals surface area (Å²) in [7, 11) is -4.11. The van der Waals surface area contributed by atoms with Crippen molar-refractivity contribution >= 4 is 10.1 Å². The zero-order chi connectivity index (χ0) is 20.3. The van der Waals surface area contributed by atoms with E-state index in [0.29, 0.717) is 5.69 Å². The van der Waals surface area contributed by atoms with Crippen LogP contribution in [-0.4, -0.2) is 25.3 Å². The number of hydrogen-bond donors (Lipinski definition) is 0. The molecule has 1 aromatic heterocycles. The molecule has 1 heterocycles. The molecular formula is C19H22F3NO3S. The molecule has 4 nitrogen and oxygen atoms in total. The minimum atomic E-state index is -4.39. The number of hydrogen-bond acceptors (Lipinski definition) is 4. The summed E-state index contributed by atoms with van der Waals surface area (Å²) in [6.07, 6.45) is -4.71. The molecule has 0 aliphatic rings. The molecule has 0 unspecified atom stereocenters. The predicted molar refractivity (Wildman–Crippen MR) is 98.1 cm³/mol. The number of alkyl halides is 3. The summed E-state index contributed by atoms with van der Waals surface area (Å²) in [5, 5.41) is 0. The third-order valence-corrected chi connectivity index (χ3v) is 5.09. The van der Waals surface area contributed by atoms with Crippen molar-refractivity contribution < 1.29 is 25.8 Å². The lowest BCUT2D eigenvalue weighted by Gasteiger charge is -2.19. The monoisotopic (exact) mass is 401 g/mol. The third kappa shape index (κ3) is 6.86. The molecule has 0 amide bonds. The molecule has 0 spiro atoms. The summed E-state index contributed by atoms with van der Waals surface area (Å²) in [5.74, 6) is -0.684. The van der Waals surface area contributed by atoms with Crippen LogP contribution in [0.15, 0.2) is 42.6 Å². The number of aromatic nitrogens is 1. The van der Waals surface area contributed by atoms with Crippen molar-refractivity contribution in [2.45, 2.75) is 45.2 Å². The molecular weight excluding hydrogens is 379 g/mol. The van der Waals surface area contributed by atoms with E-state index >= 15 is 0 Å². The molecule has 2 rings (SSSR count). The molecule has 0 aliphatic carbocycles. The second kappa shape index (κ2) is 7.88. The Morgan fingerprint density at radius 3 is 2.22 bits per heavy atom. The lowest BCUT2D eigenvalue weighted by molar-refractivity contribution is -0.134. The fourth-order valence-electron chi connectivity index (χ4n) is 2.40. The Bertz CT molecular complexity index is 870. The van der Waals surface area contributed by atoms with E-state index < -0.39 is 34.9 Å². The fraction of sp³-hybridized carbons (Fsp3) is 0.421. The average molecular weight is 401 g/mol. The highest BCUT2D eigenvalue weighted by molar-refractivity contribution is 7.87. The van der Waals surface area contributed by atoms with Gasteiger partial charge < -0.3 is 4.18 Å². The molecule has 0 bridgehead atoms. The quantitative estimate of drug-likeness (QED) is 0.632. The number of rotatable bonds is 6. The van der Waals surface area contributed by atoms with Gasteiger partial charge in [0.05, 0.1) is 11.4 Å². The van der Waals surface area contributed by atoms with Crippen molar-refractivity contribution in [2.24, 2.45) is 0 Å². The number of pyridine rings is 1. The fourth-order valence-corrected chi connectivity index (χ4v) is 3.38. The van der Waals surface area contributed by atoms with Gasteiger partial charge in [0.2, 0.25) is 0 Å². The number of halogens is 3. The summed E-state index contributed by atoms with van der Waals surface area (Å²) in [6, 6.07) is 10.5. The van der Waals surface area contributed by atoms with Gasteiger partial charge in [-0.1, -0.05) is 45.0 Å². The highest BCUT2D eigenvalue weighted by Crippen LogP contribution is 2.27. The Kier molecular flexibility index (Phi) is 6.19. The molecule has 1 aromatic carbocycles. The van der Waals surface area contributed by atoms with Gasteiger partial charge in [-0.3, -0.25) is 4.98 Å². The van der Waals surface area contributed by atoms with Crippen molar-refractivity contribution in [3.8, 4) is 17.0 Å². The van der Waals surface area contributed by atoms with E-state index in [-0.39, 0.29) is 11.2 Å². The van der Waals surface area contributed by atoms with Gasteiger partial charge in [-0.2, -0.15) is 21.6 Å². The molecule has 27 heavy (non-hydrogen) atoms. The van der Waals surface area contributed by atoms with Gasteiger partial charge in [0.25, 0.3) is 0 Å². The lowest BCUT2D eigenvalue weighted by atomic mass is 9.86. The van der Waals surface area contributed by atoms with Crippen LogP contribution in [0.5, 0.6) is 5.75 Å². The van der Waals surface area contributed by atoms with Gasteiger partial charge in [0.1, 0.15) is 5.75 Å². The molecule has 0 fully saturated rings. The largest absolute Gasteiger partial charge is 0.389 e. The van der Waals surface area contributed by atoms with Crippen LogP contribution in [0.2, 0.25) is 0 Å². The van der Waals surface area contributed by atoms with Crippen LogP contribution in [0.3, 0.4) is 0 Å².